The van der Waals surface area contributed by atoms with Crippen molar-refractivity contribution in [3.8, 4) is 5.75 Å². The molecule has 0 aliphatic carbocycles. The number of hydrogen-bond donors (Lipinski definition) is 1. The Morgan fingerprint density at radius 2 is 2.00 bits per heavy atom. The molecule has 0 atom stereocenters. The summed E-state index contributed by atoms with van der Waals surface area (Å²) >= 11 is 18.3. The summed E-state index contributed by atoms with van der Waals surface area (Å²) < 4.78 is 6.55. The van der Waals surface area contributed by atoms with Gasteiger partial charge in [0, 0.05) is 12.6 Å². The van der Waals surface area contributed by atoms with E-state index < -0.39 is 0 Å². The summed E-state index contributed by atoms with van der Waals surface area (Å²) in [7, 11) is 3.15. The summed E-state index contributed by atoms with van der Waals surface area (Å²) in [4.78, 5) is 0. The fraction of sp³-hybridized carbons (Fsp3) is 0.167. The van der Waals surface area contributed by atoms with Crippen molar-refractivity contribution in [1.29, 1.82) is 0 Å². The van der Waals surface area contributed by atoms with E-state index in [-0.39, 0.29) is 15.8 Å². The molecule has 0 saturated heterocycles. The molecule has 0 bridgehead atoms. The SMILES string of the molecule is COc1ccc(/C(=N/O)c2c(Cl)cnn2C)c(Cl)c1Cl. The normalized spacial score (nSPS) is 11.8. The molecule has 0 unspecified atom stereocenters. The number of nitrogens with zero attached hydrogens (tertiary/aromatic N) is 3. The van der Waals surface area contributed by atoms with Gasteiger partial charge in [0.15, 0.2) is 0 Å². The Kier molecular flexibility index (Phi) is 4.42. The summed E-state index contributed by atoms with van der Waals surface area (Å²) in [6.07, 6.45) is 1.45. The van der Waals surface area contributed by atoms with E-state index in [1.165, 1.54) is 18.0 Å². The lowest BCUT2D eigenvalue weighted by atomic mass is 10.1. The minimum Gasteiger partial charge on any atom is -0.495 e. The lowest BCUT2D eigenvalue weighted by Crippen LogP contribution is -2.11. The van der Waals surface area contributed by atoms with Crippen LogP contribution in [-0.2, 0) is 7.05 Å². The second kappa shape index (κ2) is 5.91. The molecule has 20 heavy (non-hydrogen) atoms. The third-order valence-corrected chi connectivity index (χ3v) is 3.88. The average molecular weight is 335 g/mol. The summed E-state index contributed by atoms with van der Waals surface area (Å²) in [6.45, 7) is 0. The predicted octanol–water partition coefficient (Wildman–Crippen LogP) is 3.62. The van der Waals surface area contributed by atoms with Crippen LogP contribution in [-0.4, -0.2) is 27.8 Å². The van der Waals surface area contributed by atoms with Crippen molar-refractivity contribution in [2.45, 2.75) is 0 Å². The highest BCUT2D eigenvalue weighted by molar-refractivity contribution is 6.46. The number of methoxy groups -OCH3 is 1. The maximum absolute atomic E-state index is 9.30. The van der Waals surface area contributed by atoms with Crippen LogP contribution in [0.1, 0.15) is 11.3 Å². The monoisotopic (exact) mass is 333 g/mol. The van der Waals surface area contributed by atoms with Gasteiger partial charge in [-0.3, -0.25) is 4.68 Å². The minimum absolute atomic E-state index is 0.171. The van der Waals surface area contributed by atoms with Gasteiger partial charge in [0.2, 0.25) is 0 Å². The van der Waals surface area contributed by atoms with Crippen LogP contribution < -0.4 is 4.74 Å². The third kappa shape index (κ3) is 2.44. The zero-order valence-electron chi connectivity index (χ0n) is 10.6. The lowest BCUT2D eigenvalue weighted by molar-refractivity contribution is 0.319. The molecule has 0 saturated carbocycles. The number of rotatable bonds is 3. The molecule has 1 aromatic heterocycles. The zero-order chi connectivity index (χ0) is 14.9. The smallest absolute Gasteiger partial charge is 0.139 e. The molecule has 0 spiro atoms. The third-order valence-electron chi connectivity index (χ3n) is 2.74. The predicted molar refractivity (Wildman–Crippen MR) is 78.7 cm³/mol. The molecule has 2 aromatic rings. The van der Waals surface area contributed by atoms with Gasteiger partial charge in [0.05, 0.1) is 23.4 Å². The lowest BCUT2D eigenvalue weighted by Gasteiger charge is -2.11. The highest BCUT2D eigenvalue weighted by Gasteiger charge is 2.21. The van der Waals surface area contributed by atoms with E-state index in [4.69, 9.17) is 39.5 Å². The number of aromatic nitrogens is 2. The largest absolute Gasteiger partial charge is 0.495 e. The Labute approximate surface area is 130 Å². The molecule has 2 rings (SSSR count). The van der Waals surface area contributed by atoms with Crippen LogP contribution in [0.3, 0.4) is 0 Å². The molecule has 0 fully saturated rings. The van der Waals surface area contributed by atoms with E-state index in [1.807, 2.05) is 0 Å². The average Bonchev–Trinajstić information content (AvgIpc) is 2.76. The van der Waals surface area contributed by atoms with Gasteiger partial charge < -0.3 is 9.94 Å². The summed E-state index contributed by atoms with van der Waals surface area (Å²) in [5.41, 5.74) is 1.02. The summed E-state index contributed by atoms with van der Waals surface area (Å²) in [6, 6.07) is 3.25. The highest BCUT2D eigenvalue weighted by atomic mass is 35.5. The summed E-state index contributed by atoms with van der Waals surface area (Å²) in [5.74, 6) is 0.425. The van der Waals surface area contributed by atoms with Crippen molar-refractivity contribution >= 4 is 40.5 Å². The van der Waals surface area contributed by atoms with Crippen molar-refractivity contribution in [1.82, 2.24) is 9.78 Å². The number of oxime groups is 1. The van der Waals surface area contributed by atoms with Gasteiger partial charge in [-0.2, -0.15) is 5.10 Å². The molecule has 106 valence electrons. The summed E-state index contributed by atoms with van der Waals surface area (Å²) in [5, 5.41) is 17.3. The fourth-order valence-electron chi connectivity index (χ4n) is 1.78. The van der Waals surface area contributed by atoms with Crippen LogP contribution in [0, 0.1) is 0 Å². The Balaban J connectivity index is 2.63. The van der Waals surface area contributed by atoms with E-state index >= 15 is 0 Å². The Morgan fingerprint density at radius 1 is 1.30 bits per heavy atom. The zero-order valence-corrected chi connectivity index (χ0v) is 12.8. The first-order valence-electron chi connectivity index (χ1n) is 5.43. The molecule has 1 heterocycles. The molecule has 8 heteroatoms. The van der Waals surface area contributed by atoms with Crippen LogP contribution in [0.2, 0.25) is 15.1 Å². The van der Waals surface area contributed by atoms with Crippen LogP contribution in [0.15, 0.2) is 23.5 Å². The Morgan fingerprint density at radius 3 is 2.50 bits per heavy atom. The molecule has 1 N–H and O–H groups in total. The second-order valence-corrected chi connectivity index (χ2v) is 5.02. The van der Waals surface area contributed by atoms with Gasteiger partial charge in [-0.1, -0.05) is 40.0 Å². The molecule has 0 aliphatic heterocycles. The maximum atomic E-state index is 9.30. The van der Waals surface area contributed by atoms with Crippen LogP contribution >= 0.6 is 34.8 Å². The molecule has 0 aliphatic rings. The first kappa shape index (κ1) is 15.0. The first-order chi connectivity index (χ1) is 9.51. The van der Waals surface area contributed by atoms with Crippen molar-refractivity contribution in [2.24, 2.45) is 12.2 Å². The number of halogens is 3. The standard InChI is InChI=1S/C12H10Cl3N3O2/c1-18-12(7(13)5-16-18)11(17-19)6-3-4-8(20-2)10(15)9(6)14/h3-5,19H,1-2H3/b17-11-. The van der Waals surface area contributed by atoms with E-state index in [0.29, 0.717) is 22.0 Å². The van der Waals surface area contributed by atoms with Crippen molar-refractivity contribution in [3.63, 3.8) is 0 Å². The van der Waals surface area contributed by atoms with E-state index in [1.54, 1.807) is 19.2 Å². The Bertz CT molecular complexity index is 663. The molecular weight excluding hydrogens is 325 g/mol. The molecular formula is C12H10Cl3N3O2. The van der Waals surface area contributed by atoms with E-state index in [2.05, 4.69) is 10.3 Å². The van der Waals surface area contributed by atoms with E-state index in [0.717, 1.165) is 0 Å². The van der Waals surface area contributed by atoms with Gasteiger partial charge in [-0.25, -0.2) is 0 Å². The Hall–Kier alpha value is -1.43. The quantitative estimate of drug-likeness (QED) is 0.530. The minimum atomic E-state index is 0.171. The van der Waals surface area contributed by atoms with E-state index in [9.17, 15) is 5.21 Å². The number of aryl methyl sites for hydroxylation is 1. The highest BCUT2D eigenvalue weighted by Crippen LogP contribution is 2.36. The molecule has 0 radical (unpaired) electrons. The van der Waals surface area contributed by atoms with Gasteiger partial charge in [-0.05, 0) is 12.1 Å². The van der Waals surface area contributed by atoms with Crippen LogP contribution in [0.4, 0.5) is 0 Å². The molecule has 0 amide bonds. The number of benzene rings is 1. The van der Waals surface area contributed by atoms with Crippen molar-refractivity contribution in [2.75, 3.05) is 7.11 Å². The second-order valence-electron chi connectivity index (χ2n) is 3.86. The van der Waals surface area contributed by atoms with Crippen LogP contribution in [0.25, 0.3) is 0 Å². The number of hydrogen-bond acceptors (Lipinski definition) is 4. The first-order valence-corrected chi connectivity index (χ1v) is 6.57. The molecule has 5 nitrogen and oxygen atoms in total. The van der Waals surface area contributed by atoms with Gasteiger partial charge in [0.1, 0.15) is 22.2 Å². The maximum Gasteiger partial charge on any atom is 0.139 e. The van der Waals surface area contributed by atoms with Gasteiger partial charge in [-0.15, -0.1) is 0 Å². The topological polar surface area (TPSA) is 59.6 Å². The van der Waals surface area contributed by atoms with Crippen molar-refractivity contribution < 1.29 is 9.94 Å². The fourth-order valence-corrected chi connectivity index (χ4v) is 2.52. The molecule has 1 aromatic carbocycles. The van der Waals surface area contributed by atoms with Gasteiger partial charge >= 0.3 is 0 Å². The van der Waals surface area contributed by atoms with Crippen LogP contribution in [0.5, 0.6) is 5.75 Å². The number of ether oxygens (including phenoxy) is 1. The van der Waals surface area contributed by atoms with Crippen molar-refractivity contribution in [3.05, 3.63) is 44.7 Å². The van der Waals surface area contributed by atoms with Gasteiger partial charge in [0.25, 0.3) is 0 Å².